The Balaban J connectivity index is 1.92. The largest absolute Gasteiger partial charge is 0.458 e. The fraction of sp³-hybridized carbons (Fsp3) is 0.364. The summed E-state index contributed by atoms with van der Waals surface area (Å²) in [6, 6.07) is 3.39. The highest BCUT2D eigenvalue weighted by Gasteiger charge is 2.18. The molecule has 17 heavy (non-hydrogen) atoms. The number of ether oxygens (including phenoxy) is 2. The molecule has 0 unspecified atom stereocenters. The van der Waals surface area contributed by atoms with Crippen LogP contribution >= 0.6 is 0 Å². The van der Waals surface area contributed by atoms with Crippen LogP contribution in [0, 0.1) is 0 Å². The summed E-state index contributed by atoms with van der Waals surface area (Å²) in [4.78, 5) is 22.0. The molecule has 1 N–H and O–H groups in total. The minimum Gasteiger partial charge on any atom is -0.458 e. The Bertz CT molecular complexity index is 590. The van der Waals surface area contributed by atoms with E-state index in [2.05, 4.69) is 15.0 Å². The molecule has 1 saturated heterocycles. The minimum absolute atomic E-state index is 0.00267. The first-order chi connectivity index (χ1) is 8.31. The molecular weight excluding hydrogens is 222 g/mol. The molecule has 3 heterocycles. The van der Waals surface area contributed by atoms with Crippen molar-refractivity contribution in [2.75, 3.05) is 13.2 Å². The van der Waals surface area contributed by atoms with Crippen molar-refractivity contribution in [2.45, 2.75) is 12.5 Å². The van der Waals surface area contributed by atoms with Crippen LogP contribution in [0.25, 0.3) is 11.0 Å². The van der Waals surface area contributed by atoms with Gasteiger partial charge in [0, 0.05) is 24.1 Å². The van der Waals surface area contributed by atoms with Crippen molar-refractivity contribution in [3.8, 4) is 6.01 Å². The average molecular weight is 233 g/mol. The summed E-state index contributed by atoms with van der Waals surface area (Å²) in [5, 5.41) is 0.777. The SMILES string of the molecule is O=c1ccc2cnc(O[C@H]3CCOC3)nc2[nH]1. The second kappa shape index (κ2) is 4.14. The maximum atomic E-state index is 11.2. The van der Waals surface area contributed by atoms with E-state index in [1.165, 1.54) is 6.07 Å². The number of hydrogen-bond acceptors (Lipinski definition) is 5. The third kappa shape index (κ3) is 2.12. The van der Waals surface area contributed by atoms with E-state index in [1.54, 1.807) is 12.3 Å². The van der Waals surface area contributed by atoms with E-state index < -0.39 is 0 Å². The van der Waals surface area contributed by atoms with Crippen LogP contribution in [-0.4, -0.2) is 34.3 Å². The summed E-state index contributed by atoms with van der Waals surface area (Å²) in [6.45, 7) is 1.27. The first-order valence-corrected chi connectivity index (χ1v) is 5.42. The van der Waals surface area contributed by atoms with Crippen LogP contribution in [0.15, 0.2) is 23.1 Å². The predicted molar refractivity (Wildman–Crippen MR) is 60.0 cm³/mol. The molecule has 0 saturated carbocycles. The lowest BCUT2D eigenvalue weighted by atomic mass is 10.3. The first kappa shape index (κ1) is 10.2. The standard InChI is InChI=1S/C11H11N3O3/c15-9-2-1-7-5-12-11(14-10(7)13-9)17-8-3-4-16-6-8/h1-2,5,8H,3-4,6H2,(H,12,13,14,15)/t8-/m0/s1. The van der Waals surface area contributed by atoms with Crippen molar-refractivity contribution < 1.29 is 9.47 Å². The van der Waals surface area contributed by atoms with Gasteiger partial charge in [0.1, 0.15) is 11.8 Å². The van der Waals surface area contributed by atoms with Gasteiger partial charge in [-0.1, -0.05) is 0 Å². The minimum atomic E-state index is -0.189. The molecule has 0 aromatic carbocycles. The Hall–Kier alpha value is -1.95. The molecule has 1 atom stereocenters. The summed E-state index contributed by atoms with van der Waals surface area (Å²) >= 11 is 0. The summed E-state index contributed by atoms with van der Waals surface area (Å²) in [6.07, 6.45) is 2.47. The second-order valence-electron chi connectivity index (χ2n) is 3.88. The van der Waals surface area contributed by atoms with Crippen LogP contribution in [0.4, 0.5) is 0 Å². The van der Waals surface area contributed by atoms with Crippen LogP contribution in [-0.2, 0) is 4.74 Å². The third-order valence-electron chi connectivity index (χ3n) is 2.61. The van der Waals surface area contributed by atoms with Gasteiger partial charge in [-0.15, -0.1) is 0 Å². The van der Waals surface area contributed by atoms with E-state index in [4.69, 9.17) is 9.47 Å². The van der Waals surface area contributed by atoms with Gasteiger partial charge in [0.15, 0.2) is 0 Å². The molecule has 0 aliphatic carbocycles. The van der Waals surface area contributed by atoms with Gasteiger partial charge in [-0.2, -0.15) is 4.98 Å². The van der Waals surface area contributed by atoms with Gasteiger partial charge in [-0.25, -0.2) is 4.98 Å². The molecule has 6 heteroatoms. The molecule has 1 aliphatic rings. The highest BCUT2D eigenvalue weighted by molar-refractivity contribution is 5.73. The fourth-order valence-electron chi connectivity index (χ4n) is 1.73. The monoisotopic (exact) mass is 233 g/mol. The number of hydrogen-bond donors (Lipinski definition) is 1. The Kier molecular flexibility index (Phi) is 2.49. The molecule has 88 valence electrons. The highest BCUT2D eigenvalue weighted by atomic mass is 16.6. The van der Waals surface area contributed by atoms with Gasteiger partial charge in [0.05, 0.1) is 13.2 Å². The number of aromatic nitrogens is 3. The molecule has 1 fully saturated rings. The van der Waals surface area contributed by atoms with Crippen molar-refractivity contribution in [3.05, 3.63) is 28.7 Å². The van der Waals surface area contributed by atoms with Gasteiger partial charge in [-0.05, 0) is 6.07 Å². The highest BCUT2D eigenvalue weighted by Crippen LogP contribution is 2.14. The lowest BCUT2D eigenvalue weighted by Crippen LogP contribution is -2.17. The van der Waals surface area contributed by atoms with Crippen LogP contribution in [0.2, 0.25) is 0 Å². The lowest BCUT2D eigenvalue weighted by Gasteiger charge is -2.09. The number of pyridine rings is 1. The Labute approximate surface area is 96.6 Å². The van der Waals surface area contributed by atoms with Crippen molar-refractivity contribution >= 4 is 11.0 Å². The van der Waals surface area contributed by atoms with E-state index in [1.807, 2.05) is 0 Å². The van der Waals surface area contributed by atoms with Gasteiger partial charge in [-0.3, -0.25) is 4.79 Å². The maximum Gasteiger partial charge on any atom is 0.318 e. The summed E-state index contributed by atoms with van der Waals surface area (Å²) < 4.78 is 10.8. The first-order valence-electron chi connectivity index (χ1n) is 5.42. The van der Waals surface area contributed by atoms with Crippen LogP contribution < -0.4 is 10.3 Å². The molecule has 3 rings (SSSR count). The number of nitrogens with zero attached hydrogens (tertiary/aromatic N) is 2. The van der Waals surface area contributed by atoms with Crippen LogP contribution in [0.3, 0.4) is 0 Å². The molecule has 2 aromatic rings. The lowest BCUT2D eigenvalue weighted by molar-refractivity contribution is 0.134. The zero-order chi connectivity index (χ0) is 11.7. The van der Waals surface area contributed by atoms with E-state index >= 15 is 0 Å². The van der Waals surface area contributed by atoms with Crippen LogP contribution in [0.1, 0.15) is 6.42 Å². The number of nitrogens with one attached hydrogen (secondary N) is 1. The smallest absolute Gasteiger partial charge is 0.318 e. The van der Waals surface area contributed by atoms with Gasteiger partial charge in [0.2, 0.25) is 5.56 Å². The van der Waals surface area contributed by atoms with E-state index in [0.29, 0.717) is 18.9 Å². The van der Waals surface area contributed by atoms with Crippen LogP contribution in [0.5, 0.6) is 6.01 Å². The Morgan fingerprint density at radius 2 is 2.41 bits per heavy atom. The molecule has 0 radical (unpaired) electrons. The Morgan fingerprint density at radius 3 is 3.24 bits per heavy atom. The zero-order valence-corrected chi connectivity index (χ0v) is 9.05. The quantitative estimate of drug-likeness (QED) is 0.816. The maximum absolute atomic E-state index is 11.2. The van der Waals surface area contributed by atoms with Gasteiger partial charge in [0.25, 0.3) is 0 Å². The van der Waals surface area contributed by atoms with Crippen molar-refractivity contribution in [3.63, 3.8) is 0 Å². The Morgan fingerprint density at radius 1 is 1.47 bits per heavy atom. The molecular formula is C11H11N3O3. The third-order valence-corrected chi connectivity index (χ3v) is 2.61. The molecule has 1 aliphatic heterocycles. The van der Waals surface area contributed by atoms with E-state index in [0.717, 1.165) is 11.8 Å². The zero-order valence-electron chi connectivity index (χ0n) is 9.05. The molecule has 0 spiro atoms. The molecule has 0 bridgehead atoms. The van der Waals surface area contributed by atoms with Crippen molar-refractivity contribution in [1.82, 2.24) is 15.0 Å². The second-order valence-corrected chi connectivity index (χ2v) is 3.88. The molecule has 6 nitrogen and oxygen atoms in total. The van der Waals surface area contributed by atoms with E-state index in [9.17, 15) is 4.79 Å². The normalized spacial score (nSPS) is 19.6. The summed E-state index contributed by atoms with van der Waals surface area (Å²) in [7, 11) is 0. The fourth-order valence-corrected chi connectivity index (χ4v) is 1.73. The molecule has 0 amide bonds. The number of fused-ring (bicyclic) bond motifs is 1. The van der Waals surface area contributed by atoms with Gasteiger partial charge >= 0.3 is 6.01 Å². The summed E-state index contributed by atoms with van der Waals surface area (Å²) in [5.41, 5.74) is 0.299. The summed E-state index contributed by atoms with van der Waals surface area (Å²) in [5.74, 6) is 0. The number of rotatable bonds is 2. The predicted octanol–water partition coefficient (Wildman–Crippen LogP) is 0.486. The number of aromatic amines is 1. The van der Waals surface area contributed by atoms with E-state index in [-0.39, 0.29) is 17.7 Å². The number of H-pyrrole nitrogens is 1. The van der Waals surface area contributed by atoms with Crippen molar-refractivity contribution in [2.24, 2.45) is 0 Å². The molecule has 2 aromatic heterocycles. The topological polar surface area (TPSA) is 77.1 Å². The van der Waals surface area contributed by atoms with Gasteiger partial charge < -0.3 is 14.5 Å². The average Bonchev–Trinajstić information content (AvgIpc) is 2.81. The van der Waals surface area contributed by atoms with Crippen molar-refractivity contribution in [1.29, 1.82) is 0 Å².